The van der Waals surface area contributed by atoms with Crippen molar-refractivity contribution in [3.8, 4) is 5.75 Å². The highest BCUT2D eigenvalue weighted by atomic mass is 79.9. The Kier molecular flexibility index (Phi) is 1.88. The summed E-state index contributed by atoms with van der Waals surface area (Å²) in [6.45, 7) is 0. The highest BCUT2D eigenvalue weighted by molar-refractivity contribution is 9.10. The summed E-state index contributed by atoms with van der Waals surface area (Å²) in [6.07, 6.45) is -0.420. The van der Waals surface area contributed by atoms with Gasteiger partial charge < -0.3 is 10.8 Å². The van der Waals surface area contributed by atoms with Crippen molar-refractivity contribution in [2.75, 3.05) is 0 Å². The molecule has 0 heterocycles. The second-order valence-electron chi connectivity index (χ2n) is 3.49. The standard InChI is InChI=1S/C9H8BrF2NO/c10-5-2-1-3-6(14)7(5)8(13)4-9(8,11)12/h1-3,14H,4,13H2. The lowest BCUT2D eigenvalue weighted by Crippen LogP contribution is -2.27. The first kappa shape index (κ1) is 9.86. The van der Waals surface area contributed by atoms with E-state index in [1.807, 2.05) is 0 Å². The molecule has 1 aromatic carbocycles. The fourth-order valence-corrected chi connectivity index (χ4v) is 2.24. The minimum absolute atomic E-state index is 0.0880. The first-order valence-electron chi connectivity index (χ1n) is 4.03. The van der Waals surface area contributed by atoms with Crippen LogP contribution in [0.1, 0.15) is 12.0 Å². The van der Waals surface area contributed by atoms with Crippen molar-refractivity contribution >= 4 is 15.9 Å². The van der Waals surface area contributed by atoms with Crippen LogP contribution >= 0.6 is 15.9 Å². The van der Waals surface area contributed by atoms with Crippen LogP contribution in [0, 0.1) is 0 Å². The third kappa shape index (κ3) is 1.15. The van der Waals surface area contributed by atoms with E-state index < -0.39 is 17.9 Å². The Morgan fingerprint density at radius 2 is 2.00 bits per heavy atom. The minimum Gasteiger partial charge on any atom is -0.508 e. The van der Waals surface area contributed by atoms with Crippen molar-refractivity contribution in [3.05, 3.63) is 28.2 Å². The summed E-state index contributed by atoms with van der Waals surface area (Å²) < 4.78 is 26.4. The van der Waals surface area contributed by atoms with Crippen molar-refractivity contribution in [2.45, 2.75) is 17.9 Å². The molecule has 1 fully saturated rings. The number of benzene rings is 1. The summed E-state index contributed by atoms with van der Waals surface area (Å²) in [4.78, 5) is 0. The lowest BCUT2D eigenvalue weighted by Gasteiger charge is -2.14. The van der Waals surface area contributed by atoms with Crippen LogP contribution in [0.5, 0.6) is 5.75 Å². The average Bonchev–Trinajstić information content (AvgIpc) is 2.50. The van der Waals surface area contributed by atoms with Gasteiger partial charge in [-0.25, -0.2) is 8.78 Å². The van der Waals surface area contributed by atoms with Gasteiger partial charge in [0.05, 0.1) is 0 Å². The van der Waals surface area contributed by atoms with Gasteiger partial charge in [0.2, 0.25) is 0 Å². The number of alkyl halides is 2. The zero-order chi connectivity index (χ0) is 10.6. The number of rotatable bonds is 1. The molecule has 0 bridgehead atoms. The highest BCUT2D eigenvalue weighted by Crippen LogP contribution is 2.60. The van der Waals surface area contributed by atoms with E-state index in [0.717, 1.165) is 0 Å². The van der Waals surface area contributed by atoms with Crippen LogP contribution in [0.4, 0.5) is 8.78 Å². The molecule has 1 atom stereocenters. The van der Waals surface area contributed by atoms with Gasteiger partial charge >= 0.3 is 0 Å². The fraction of sp³-hybridized carbons (Fsp3) is 0.333. The number of aromatic hydroxyl groups is 1. The van der Waals surface area contributed by atoms with Crippen molar-refractivity contribution in [1.82, 2.24) is 0 Å². The second kappa shape index (κ2) is 2.67. The van der Waals surface area contributed by atoms with E-state index >= 15 is 0 Å². The molecule has 0 amide bonds. The summed E-state index contributed by atoms with van der Waals surface area (Å²) in [5, 5.41) is 9.46. The summed E-state index contributed by atoms with van der Waals surface area (Å²) in [5.41, 5.74) is 3.88. The van der Waals surface area contributed by atoms with Gasteiger partial charge in [-0.1, -0.05) is 22.0 Å². The van der Waals surface area contributed by atoms with Crippen molar-refractivity contribution in [2.24, 2.45) is 5.73 Å². The average molecular weight is 264 g/mol. The maximum atomic E-state index is 13.0. The molecule has 1 aliphatic rings. The summed E-state index contributed by atoms with van der Waals surface area (Å²) in [5.74, 6) is -3.12. The highest BCUT2D eigenvalue weighted by Gasteiger charge is 2.71. The van der Waals surface area contributed by atoms with Crippen LogP contribution in [0.25, 0.3) is 0 Å². The monoisotopic (exact) mass is 263 g/mol. The van der Waals surface area contributed by atoms with Gasteiger partial charge in [-0.15, -0.1) is 0 Å². The number of hydrogen-bond acceptors (Lipinski definition) is 2. The van der Waals surface area contributed by atoms with Crippen LogP contribution in [0.2, 0.25) is 0 Å². The van der Waals surface area contributed by atoms with Gasteiger partial charge in [0.25, 0.3) is 5.92 Å². The molecule has 0 aromatic heterocycles. The minimum atomic E-state index is -2.92. The van der Waals surface area contributed by atoms with E-state index in [9.17, 15) is 13.9 Å². The lowest BCUT2D eigenvalue weighted by molar-refractivity contribution is 0.0882. The smallest absolute Gasteiger partial charge is 0.272 e. The Labute approximate surface area is 87.9 Å². The van der Waals surface area contributed by atoms with Gasteiger partial charge in [-0.3, -0.25) is 0 Å². The number of phenolic OH excluding ortho intramolecular Hbond substituents is 1. The molecule has 0 radical (unpaired) electrons. The number of nitrogens with two attached hydrogens (primary N) is 1. The molecule has 1 unspecified atom stereocenters. The predicted molar refractivity (Wildman–Crippen MR) is 51.2 cm³/mol. The third-order valence-corrected chi connectivity index (χ3v) is 3.13. The van der Waals surface area contributed by atoms with Crippen LogP contribution in [-0.2, 0) is 5.54 Å². The van der Waals surface area contributed by atoms with Gasteiger partial charge in [0, 0.05) is 16.5 Å². The summed E-state index contributed by atoms with van der Waals surface area (Å²) >= 11 is 3.10. The molecular formula is C9H8BrF2NO. The van der Waals surface area contributed by atoms with Crippen LogP contribution in [0.3, 0.4) is 0 Å². The van der Waals surface area contributed by atoms with Gasteiger partial charge in [0.1, 0.15) is 11.3 Å². The van der Waals surface area contributed by atoms with Crippen molar-refractivity contribution in [3.63, 3.8) is 0 Å². The van der Waals surface area contributed by atoms with Gasteiger partial charge in [-0.2, -0.15) is 0 Å². The molecule has 1 aliphatic carbocycles. The SMILES string of the molecule is NC1(c2c(O)cccc2Br)CC1(F)F. The fourth-order valence-electron chi connectivity index (χ4n) is 1.53. The van der Waals surface area contributed by atoms with E-state index in [0.29, 0.717) is 4.47 Å². The van der Waals surface area contributed by atoms with E-state index in [-0.39, 0.29) is 11.3 Å². The predicted octanol–water partition coefficient (Wildman–Crippen LogP) is 2.35. The van der Waals surface area contributed by atoms with Gasteiger partial charge in [-0.05, 0) is 12.1 Å². The Bertz CT molecular complexity index is 376. The number of phenols is 1. The van der Waals surface area contributed by atoms with E-state index in [2.05, 4.69) is 15.9 Å². The molecule has 0 saturated heterocycles. The molecule has 5 heteroatoms. The molecule has 3 N–H and O–H groups in total. The molecule has 0 spiro atoms. The Hall–Kier alpha value is -0.680. The number of hydrogen-bond donors (Lipinski definition) is 2. The Balaban J connectivity index is 2.54. The number of halogens is 3. The maximum Gasteiger partial charge on any atom is 0.272 e. The molecule has 2 rings (SSSR count). The van der Waals surface area contributed by atoms with E-state index in [1.165, 1.54) is 6.07 Å². The summed E-state index contributed by atoms with van der Waals surface area (Å²) in [6, 6.07) is 4.49. The van der Waals surface area contributed by atoms with Gasteiger partial charge in [0.15, 0.2) is 0 Å². The Morgan fingerprint density at radius 3 is 2.43 bits per heavy atom. The third-order valence-electron chi connectivity index (χ3n) is 2.47. The van der Waals surface area contributed by atoms with Crippen molar-refractivity contribution in [1.29, 1.82) is 0 Å². The van der Waals surface area contributed by atoms with E-state index in [1.54, 1.807) is 12.1 Å². The quantitative estimate of drug-likeness (QED) is 0.817. The molecule has 76 valence electrons. The molecule has 2 nitrogen and oxygen atoms in total. The van der Waals surface area contributed by atoms with Crippen molar-refractivity contribution < 1.29 is 13.9 Å². The van der Waals surface area contributed by atoms with Crippen LogP contribution in [0.15, 0.2) is 22.7 Å². The van der Waals surface area contributed by atoms with Crippen LogP contribution < -0.4 is 5.73 Å². The molecule has 14 heavy (non-hydrogen) atoms. The maximum absolute atomic E-state index is 13.0. The molecule has 0 aliphatic heterocycles. The Morgan fingerprint density at radius 1 is 1.43 bits per heavy atom. The van der Waals surface area contributed by atoms with E-state index in [4.69, 9.17) is 5.73 Å². The first-order chi connectivity index (χ1) is 6.38. The lowest BCUT2D eigenvalue weighted by atomic mass is 10.0. The molecule has 1 aromatic rings. The molecule has 1 saturated carbocycles. The largest absolute Gasteiger partial charge is 0.508 e. The normalized spacial score (nSPS) is 28.9. The zero-order valence-electron chi connectivity index (χ0n) is 7.10. The van der Waals surface area contributed by atoms with Crippen LogP contribution in [-0.4, -0.2) is 11.0 Å². The summed E-state index contributed by atoms with van der Waals surface area (Å²) in [7, 11) is 0. The first-order valence-corrected chi connectivity index (χ1v) is 4.82. The topological polar surface area (TPSA) is 46.2 Å². The second-order valence-corrected chi connectivity index (χ2v) is 4.34. The zero-order valence-corrected chi connectivity index (χ0v) is 8.68. The molecular weight excluding hydrogens is 256 g/mol.